The van der Waals surface area contributed by atoms with Crippen LogP contribution in [0.25, 0.3) is 10.9 Å². The third-order valence-electron chi connectivity index (χ3n) is 3.30. The number of nitro groups is 1. The van der Waals surface area contributed by atoms with Crippen molar-refractivity contribution >= 4 is 34.1 Å². The van der Waals surface area contributed by atoms with Crippen LogP contribution in [0, 0.1) is 10.1 Å². The highest BCUT2D eigenvalue weighted by molar-refractivity contribution is 5.91. The molecule has 2 aromatic heterocycles. The number of esters is 1. The molecule has 0 atom stereocenters. The van der Waals surface area contributed by atoms with Crippen LogP contribution >= 0.6 is 0 Å². The average Bonchev–Trinajstić information content (AvgIpc) is 3.02. The lowest BCUT2D eigenvalue weighted by molar-refractivity contribution is -0.384. The van der Waals surface area contributed by atoms with Gasteiger partial charge in [0.25, 0.3) is 0 Å². The SMILES string of the molecule is COC(=O)c1cnc(Nc2ccc3[nH]ccc3c2)c([N+](=O)[O-])c1. The van der Waals surface area contributed by atoms with Crippen molar-refractivity contribution in [2.45, 2.75) is 0 Å². The zero-order chi connectivity index (χ0) is 16.4. The number of methoxy groups -OCH3 is 1. The van der Waals surface area contributed by atoms with Gasteiger partial charge in [-0.1, -0.05) is 0 Å². The largest absolute Gasteiger partial charge is 0.465 e. The molecule has 0 spiro atoms. The van der Waals surface area contributed by atoms with E-state index in [1.165, 1.54) is 13.3 Å². The summed E-state index contributed by atoms with van der Waals surface area (Å²) in [5.41, 5.74) is 1.32. The lowest BCUT2D eigenvalue weighted by atomic mass is 10.2. The van der Waals surface area contributed by atoms with Crippen LogP contribution in [0.5, 0.6) is 0 Å². The van der Waals surface area contributed by atoms with Crippen molar-refractivity contribution in [3.63, 3.8) is 0 Å². The zero-order valence-corrected chi connectivity index (χ0v) is 12.1. The molecule has 0 fully saturated rings. The summed E-state index contributed by atoms with van der Waals surface area (Å²) in [7, 11) is 1.20. The predicted octanol–water partition coefficient (Wildman–Crippen LogP) is 3.00. The number of nitrogens with one attached hydrogen (secondary N) is 2. The standard InChI is InChI=1S/C15H12N4O4/c1-23-15(20)10-7-13(19(21)22)14(17-8-10)18-11-2-3-12-9(6-11)4-5-16-12/h2-8,16H,1H3,(H,17,18). The summed E-state index contributed by atoms with van der Waals surface area (Å²) in [5, 5.41) is 15.1. The fourth-order valence-electron chi connectivity index (χ4n) is 2.19. The first kappa shape index (κ1) is 14.5. The summed E-state index contributed by atoms with van der Waals surface area (Å²) in [6.45, 7) is 0. The van der Waals surface area contributed by atoms with Crippen LogP contribution in [-0.4, -0.2) is 28.0 Å². The summed E-state index contributed by atoms with van der Waals surface area (Å²) in [5.74, 6) is -0.626. The van der Waals surface area contributed by atoms with Crippen LogP contribution in [0.2, 0.25) is 0 Å². The van der Waals surface area contributed by atoms with Gasteiger partial charge < -0.3 is 15.0 Å². The number of hydrogen-bond donors (Lipinski definition) is 2. The topological polar surface area (TPSA) is 110 Å². The monoisotopic (exact) mass is 312 g/mol. The minimum absolute atomic E-state index is 0.0193. The second kappa shape index (κ2) is 5.76. The molecule has 8 heteroatoms. The first-order valence-corrected chi connectivity index (χ1v) is 6.65. The van der Waals surface area contributed by atoms with Crippen LogP contribution in [0.3, 0.4) is 0 Å². The maximum absolute atomic E-state index is 11.5. The number of carbonyl (C=O) groups is 1. The number of aromatic nitrogens is 2. The maximum atomic E-state index is 11.5. The Balaban J connectivity index is 1.97. The number of pyridine rings is 1. The Kier molecular flexibility index (Phi) is 3.63. The highest BCUT2D eigenvalue weighted by Gasteiger charge is 2.19. The molecular weight excluding hydrogens is 300 g/mol. The lowest BCUT2D eigenvalue weighted by Gasteiger charge is -2.07. The molecule has 0 bridgehead atoms. The summed E-state index contributed by atoms with van der Waals surface area (Å²) >= 11 is 0. The van der Waals surface area contributed by atoms with Crippen molar-refractivity contribution in [2.75, 3.05) is 12.4 Å². The molecule has 116 valence electrons. The Morgan fingerprint density at radius 2 is 2.17 bits per heavy atom. The van der Waals surface area contributed by atoms with E-state index in [9.17, 15) is 14.9 Å². The minimum Gasteiger partial charge on any atom is -0.465 e. The van der Waals surface area contributed by atoms with Gasteiger partial charge in [0.05, 0.1) is 17.6 Å². The van der Waals surface area contributed by atoms with Crippen molar-refractivity contribution in [3.05, 3.63) is 58.4 Å². The van der Waals surface area contributed by atoms with E-state index in [0.717, 1.165) is 17.0 Å². The first-order valence-electron chi connectivity index (χ1n) is 6.65. The van der Waals surface area contributed by atoms with Gasteiger partial charge in [-0.05, 0) is 24.3 Å². The van der Waals surface area contributed by atoms with Crippen LogP contribution in [0.1, 0.15) is 10.4 Å². The van der Waals surface area contributed by atoms with Crippen LogP contribution < -0.4 is 5.32 Å². The number of nitrogens with zero attached hydrogens (tertiary/aromatic N) is 2. The number of H-pyrrole nitrogens is 1. The molecule has 0 amide bonds. The fourth-order valence-corrected chi connectivity index (χ4v) is 2.19. The third kappa shape index (κ3) is 2.82. The smallest absolute Gasteiger partial charge is 0.339 e. The second-order valence-corrected chi connectivity index (χ2v) is 4.75. The highest BCUT2D eigenvalue weighted by atomic mass is 16.6. The van der Waals surface area contributed by atoms with E-state index in [0.29, 0.717) is 5.69 Å². The average molecular weight is 312 g/mol. The molecule has 0 saturated heterocycles. The van der Waals surface area contributed by atoms with Crippen LogP contribution in [0.4, 0.5) is 17.2 Å². The lowest BCUT2D eigenvalue weighted by Crippen LogP contribution is -2.06. The summed E-state index contributed by atoms with van der Waals surface area (Å²) < 4.78 is 4.54. The Bertz CT molecular complexity index is 903. The van der Waals surface area contributed by atoms with E-state index in [-0.39, 0.29) is 17.1 Å². The number of anilines is 2. The summed E-state index contributed by atoms with van der Waals surface area (Å²) in [6, 6.07) is 8.49. The molecule has 0 saturated carbocycles. The van der Waals surface area contributed by atoms with Gasteiger partial charge in [-0.15, -0.1) is 0 Å². The number of ether oxygens (including phenoxy) is 1. The van der Waals surface area contributed by atoms with E-state index >= 15 is 0 Å². The van der Waals surface area contributed by atoms with Crippen LogP contribution in [-0.2, 0) is 4.74 Å². The minimum atomic E-state index is -0.680. The van der Waals surface area contributed by atoms with Gasteiger partial charge in [0.1, 0.15) is 0 Å². The Labute approximate surface area is 130 Å². The quantitative estimate of drug-likeness (QED) is 0.435. The number of carbonyl (C=O) groups excluding carboxylic acids is 1. The van der Waals surface area contributed by atoms with Crippen LogP contribution in [0.15, 0.2) is 42.7 Å². The molecule has 8 nitrogen and oxygen atoms in total. The zero-order valence-electron chi connectivity index (χ0n) is 12.1. The second-order valence-electron chi connectivity index (χ2n) is 4.75. The van der Waals surface area contributed by atoms with Crippen molar-refractivity contribution in [3.8, 4) is 0 Å². The van der Waals surface area contributed by atoms with E-state index in [1.54, 1.807) is 12.3 Å². The molecule has 0 unspecified atom stereocenters. The van der Waals surface area contributed by atoms with Gasteiger partial charge in [-0.3, -0.25) is 10.1 Å². The number of aromatic amines is 1. The summed E-state index contributed by atoms with van der Waals surface area (Å²) in [6.07, 6.45) is 3.04. The molecule has 3 rings (SSSR count). The van der Waals surface area contributed by atoms with Crippen molar-refractivity contribution in [1.82, 2.24) is 9.97 Å². The third-order valence-corrected chi connectivity index (χ3v) is 3.30. The van der Waals surface area contributed by atoms with E-state index in [1.807, 2.05) is 18.2 Å². The number of rotatable bonds is 4. The van der Waals surface area contributed by atoms with Gasteiger partial charge in [0.15, 0.2) is 0 Å². The molecule has 0 radical (unpaired) electrons. The van der Waals surface area contributed by atoms with E-state index in [4.69, 9.17) is 0 Å². The molecule has 2 N–H and O–H groups in total. The number of hydrogen-bond acceptors (Lipinski definition) is 6. The number of fused-ring (bicyclic) bond motifs is 1. The van der Waals surface area contributed by atoms with Gasteiger partial charge in [0, 0.05) is 35.1 Å². The highest BCUT2D eigenvalue weighted by Crippen LogP contribution is 2.28. The Morgan fingerprint density at radius 3 is 2.91 bits per heavy atom. The fraction of sp³-hybridized carbons (Fsp3) is 0.0667. The molecule has 0 aliphatic carbocycles. The van der Waals surface area contributed by atoms with Gasteiger partial charge in [0.2, 0.25) is 5.82 Å². The molecule has 23 heavy (non-hydrogen) atoms. The van der Waals surface area contributed by atoms with E-state index in [2.05, 4.69) is 20.0 Å². The number of benzene rings is 1. The van der Waals surface area contributed by atoms with E-state index < -0.39 is 10.9 Å². The van der Waals surface area contributed by atoms with Crippen molar-refractivity contribution in [2.24, 2.45) is 0 Å². The van der Waals surface area contributed by atoms with Crippen molar-refractivity contribution in [1.29, 1.82) is 0 Å². The Morgan fingerprint density at radius 1 is 1.35 bits per heavy atom. The molecule has 2 heterocycles. The predicted molar refractivity (Wildman–Crippen MR) is 83.8 cm³/mol. The van der Waals surface area contributed by atoms with Gasteiger partial charge in [-0.2, -0.15) is 0 Å². The molecule has 0 aliphatic rings. The van der Waals surface area contributed by atoms with Gasteiger partial charge in [-0.25, -0.2) is 9.78 Å². The maximum Gasteiger partial charge on any atom is 0.339 e. The molecule has 1 aromatic carbocycles. The summed E-state index contributed by atoms with van der Waals surface area (Å²) in [4.78, 5) is 29.1. The van der Waals surface area contributed by atoms with Crippen molar-refractivity contribution < 1.29 is 14.5 Å². The normalized spacial score (nSPS) is 10.5. The molecule has 3 aromatic rings. The molecule has 0 aliphatic heterocycles. The molecular formula is C15H12N4O4. The Hall–Kier alpha value is -3.42. The first-order chi connectivity index (χ1) is 11.1. The van der Waals surface area contributed by atoms with Gasteiger partial charge >= 0.3 is 11.7 Å².